The maximum atomic E-state index is 12.5. The monoisotopic (exact) mass is 318 g/mol. The van der Waals surface area contributed by atoms with Crippen molar-refractivity contribution in [1.82, 2.24) is 4.90 Å². The predicted molar refractivity (Wildman–Crippen MR) is 90.9 cm³/mol. The second-order valence-corrected chi connectivity index (χ2v) is 6.99. The van der Waals surface area contributed by atoms with Crippen molar-refractivity contribution in [1.29, 1.82) is 0 Å². The average Bonchev–Trinajstić information content (AvgIpc) is 2.56. The van der Waals surface area contributed by atoms with E-state index in [1.165, 1.54) is 11.3 Å². The van der Waals surface area contributed by atoms with Crippen LogP contribution in [-0.2, 0) is 4.79 Å². The van der Waals surface area contributed by atoms with Crippen LogP contribution in [0.25, 0.3) is 0 Å². The van der Waals surface area contributed by atoms with E-state index in [1.807, 2.05) is 18.2 Å². The number of nitrogens with one attached hydrogen (secondary N) is 1. The van der Waals surface area contributed by atoms with Gasteiger partial charge in [-0.2, -0.15) is 0 Å². The Morgan fingerprint density at radius 1 is 1.26 bits per heavy atom. The van der Waals surface area contributed by atoms with Gasteiger partial charge in [0, 0.05) is 13.1 Å². The van der Waals surface area contributed by atoms with Gasteiger partial charge < -0.3 is 19.8 Å². The molecule has 2 saturated heterocycles. The molecule has 1 atom stereocenters. The highest BCUT2D eigenvalue weighted by Gasteiger charge is 2.27. The molecule has 2 aliphatic rings. The average molecular weight is 318 g/mol. The Morgan fingerprint density at radius 3 is 2.70 bits per heavy atom. The minimum atomic E-state index is 0.308. The highest BCUT2D eigenvalue weighted by atomic mass is 16.3. The Morgan fingerprint density at radius 2 is 2.00 bits per heavy atom. The summed E-state index contributed by atoms with van der Waals surface area (Å²) in [5, 5.41) is 9.96. The first-order valence-electron chi connectivity index (χ1n) is 8.78. The van der Waals surface area contributed by atoms with Crippen molar-refractivity contribution >= 4 is 11.6 Å². The number of carbonyl (C=O) groups is 1. The molecular formula is C18H28N3O2+. The number of aromatic hydroxyl groups is 1. The lowest BCUT2D eigenvalue weighted by atomic mass is 10.0. The fourth-order valence-corrected chi connectivity index (χ4v) is 3.71. The number of piperidine rings is 1. The SMILES string of the molecule is C[C@H]1CCCN(C(=O)C[NH+]2CCN(c3ccccc3O)CC2)C1. The van der Waals surface area contributed by atoms with Gasteiger partial charge in [0.1, 0.15) is 5.75 Å². The molecular weight excluding hydrogens is 290 g/mol. The number of phenols is 1. The van der Waals surface area contributed by atoms with Crippen LogP contribution in [0.5, 0.6) is 5.75 Å². The summed E-state index contributed by atoms with van der Waals surface area (Å²) < 4.78 is 0. The molecule has 1 amide bonds. The Bertz CT molecular complexity index is 541. The van der Waals surface area contributed by atoms with Crippen LogP contribution in [0.15, 0.2) is 24.3 Å². The molecule has 2 N–H and O–H groups in total. The summed E-state index contributed by atoms with van der Waals surface area (Å²) in [4.78, 5) is 18.1. The van der Waals surface area contributed by atoms with Crippen LogP contribution in [0.4, 0.5) is 5.69 Å². The lowest BCUT2D eigenvalue weighted by molar-refractivity contribution is -0.892. The van der Waals surface area contributed by atoms with E-state index < -0.39 is 0 Å². The van der Waals surface area contributed by atoms with Crippen molar-refractivity contribution in [3.05, 3.63) is 24.3 Å². The molecule has 0 aromatic heterocycles. The maximum Gasteiger partial charge on any atom is 0.277 e. The Hall–Kier alpha value is -1.75. The number of likely N-dealkylation sites (tertiary alicyclic amines) is 1. The van der Waals surface area contributed by atoms with Crippen LogP contribution in [0.3, 0.4) is 0 Å². The zero-order valence-electron chi connectivity index (χ0n) is 14.0. The Labute approximate surface area is 138 Å². The van der Waals surface area contributed by atoms with Crippen molar-refractivity contribution in [3.8, 4) is 5.75 Å². The molecule has 5 heteroatoms. The number of rotatable bonds is 3. The van der Waals surface area contributed by atoms with Crippen molar-refractivity contribution in [2.45, 2.75) is 19.8 Å². The van der Waals surface area contributed by atoms with Gasteiger partial charge in [0.15, 0.2) is 6.54 Å². The third kappa shape index (κ3) is 3.96. The second kappa shape index (κ2) is 7.21. The van der Waals surface area contributed by atoms with Crippen LogP contribution < -0.4 is 9.80 Å². The van der Waals surface area contributed by atoms with Gasteiger partial charge in [-0.3, -0.25) is 4.79 Å². The number of amides is 1. The van der Waals surface area contributed by atoms with E-state index in [4.69, 9.17) is 0 Å². The molecule has 2 aliphatic heterocycles. The minimum absolute atomic E-state index is 0.308. The maximum absolute atomic E-state index is 12.5. The van der Waals surface area contributed by atoms with Crippen LogP contribution in [0.1, 0.15) is 19.8 Å². The van der Waals surface area contributed by atoms with Gasteiger partial charge in [-0.15, -0.1) is 0 Å². The summed E-state index contributed by atoms with van der Waals surface area (Å²) in [7, 11) is 0. The number of hydrogen-bond acceptors (Lipinski definition) is 3. The first-order valence-corrected chi connectivity index (χ1v) is 8.78. The van der Waals surface area contributed by atoms with Gasteiger partial charge in [0.25, 0.3) is 5.91 Å². The molecule has 0 aliphatic carbocycles. The van der Waals surface area contributed by atoms with Gasteiger partial charge in [-0.25, -0.2) is 0 Å². The van der Waals surface area contributed by atoms with Gasteiger partial charge in [0.2, 0.25) is 0 Å². The van der Waals surface area contributed by atoms with Crippen LogP contribution in [-0.4, -0.2) is 61.7 Å². The second-order valence-electron chi connectivity index (χ2n) is 6.99. The van der Waals surface area contributed by atoms with Crippen molar-refractivity contribution < 1.29 is 14.8 Å². The van der Waals surface area contributed by atoms with E-state index in [2.05, 4.69) is 16.7 Å². The molecule has 3 rings (SSSR count). The number of anilines is 1. The highest BCUT2D eigenvalue weighted by molar-refractivity contribution is 5.77. The summed E-state index contributed by atoms with van der Waals surface area (Å²) >= 11 is 0. The molecule has 126 valence electrons. The van der Waals surface area contributed by atoms with E-state index in [0.717, 1.165) is 51.4 Å². The number of hydrogen-bond donors (Lipinski definition) is 2. The van der Waals surface area contributed by atoms with E-state index in [0.29, 0.717) is 24.1 Å². The van der Waals surface area contributed by atoms with E-state index in [1.54, 1.807) is 6.07 Å². The fraction of sp³-hybridized carbons (Fsp3) is 0.611. The molecule has 23 heavy (non-hydrogen) atoms. The molecule has 0 saturated carbocycles. The fourth-order valence-electron chi connectivity index (χ4n) is 3.71. The molecule has 5 nitrogen and oxygen atoms in total. The van der Waals surface area contributed by atoms with Crippen LogP contribution in [0, 0.1) is 5.92 Å². The number of carbonyl (C=O) groups excluding carboxylic acids is 1. The summed E-state index contributed by atoms with van der Waals surface area (Å²) in [6, 6.07) is 7.49. The first-order chi connectivity index (χ1) is 11.1. The molecule has 2 fully saturated rings. The standard InChI is InChI=1S/C18H27N3O2/c1-15-5-4-8-21(13-15)18(23)14-19-9-11-20(12-10-19)16-6-2-3-7-17(16)22/h2-3,6-7,15,22H,4-5,8-14H2,1H3/p+1/t15-/m0/s1. The van der Waals surface area contributed by atoms with E-state index >= 15 is 0 Å². The summed E-state index contributed by atoms with van der Waals surface area (Å²) in [6.45, 7) is 8.37. The molecule has 0 radical (unpaired) electrons. The number of phenolic OH excluding ortho intramolecular Hbond substituents is 1. The van der Waals surface area contributed by atoms with Gasteiger partial charge in [-0.05, 0) is 30.9 Å². The third-order valence-electron chi connectivity index (χ3n) is 5.10. The number of benzene rings is 1. The zero-order valence-corrected chi connectivity index (χ0v) is 14.0. The largest absolute Gasteiger partial charge is 0.506 e. The molecule has 1 aromatic rings. The minimum Gasteiger partial charge on any atom is -0.506 e. The molecule has 0 bridgehead atoms. The molecule has 2 heterocycles. The molecule has 0 spiro atoms. The van der Waals surface area contributed by atoms with E-state index in [-0.39, 0.29) is 0 Å². The topological polar surface area (TPSA) is 48.2 Å². The molecule has 0 unspecified atom stereocenters. The quantitative estimate of drug-likeness (QED) is 0.846. The summed E-state index contributed by atoms with van der Waals surface area (Å²) in [6.07, 6.45) is 2.39. The zero-order chi connectivity index (χ0) is 16.2. The number of para-hydroxylation sites is 2. The summed E-state index contributed by atoms with van der Waals surface area (Å²) in [5.41, 5.74) is 0.905. The van der Waals surface area contributed by atoms with Crippen LogP contribution >= 0.6 is 0 Å². The highest BCUT2D eigenvalue weighted by Crippen LogP contribution is 2.25. The lowest BCUT2D eigenvalue weighted by Crippen LogP contribution is -3.16. The normalized spacial score (nSPS) is 23.1. The Kier molecular flexibility index (Phi) is 5.06. The van der Waals surface area contributed by atoms with Crippen molar-refractivity contribution in [2.24, 2.45) is 5.92 Å². The van der Waals surface area contributed by atoms with Gasteiger partial charge in [0.05, 0.1) is 31.9 Å². The van der Waals surface area contributed by atoms with Gasteiger partial charge >= 0.3 is 0 Å². The summed E-state index contributed by atoms with van der Waals surface area (Å²) in [5.74, 6) is 1.29. The number of quaternary nitrogens is 1. The van der Waals surface area contributed by atoms with Crippen molar-refractivity contribution in [2.75, 3.05) is 50.7 Å². The van der Waals surface area contributed by atoms with Crippen molar-refractivity contribution in [3.63, 3.8) is 0 Å². The number of nitrogens with zero attached hydrogens (tertiary/aromatic N) is 2. The van der Waals surface area contributed by atoms with Gasteiger partial charge in [-0.1, -0.05) is 19.1 Å². The number of piperazine rings is 1. The third-order valence-corrected chi connectivity index (χ3v) is 5.10. The molecule has 1 aromatic carbocycles. The predicted octanol–water partition coefficient (Wildman–Crippen LogP) is 0.356. The Balaban J connectivity index is 1.49. The van der Waals surface area contributed by atoms with Crippen LogP contribution in [0.2, 0.25) is 0 Å². The smallest absolute Gasteiger partial charge is 0.277 e. The van der Waals surface area contributed by atoms with E-state index in [9.17, 15) is 9.90 Å². The lowest BCUT2D eigenvalue weighted by Gasteiger charge is -2.35. The first kappa shape index (κ1) is 16.1.